The Morgan fingerprint density at radius 3 is 2.38 bits per heavy atom. The maximum Gasteiger partial charge on any atom is 0.326 e. The van der Waals surface area contributed by atoms with Crippen LogP contribution in [0.2, 0.25) is 0 Å². The molecular formula is C20H28N4O2. The van der Waals surface area contributed by atoms with E-state index in [-0.39, 0.29) is 11.9 Å². The molecule has 1 spiro atoms. The van der Waals surface area contributed by atoms with E-state index in [2.05, 4.69) is 46.3 Å². The minimum atomic E-state index is -0.613. The Labute approximate surface area is 155 Å². The van der Waals surface area contributed by atoms with E-state index in [1.54, 1.807) is 0 Å². The summed E-state index contributed by atoms with van der Waals surface area (Å²) in [5.74, 6) is -0.0106. The fourth-order valence-corrected chi connectivity index (χ4v) is 4.55. The first-order valence-corrected chi connectivity index (χ1v) is 9.76. The van der Waals surface area contributed by atoms with Crippen LogP contribution in [-0.4, -0.2) is 60.1 Å². The van der Waals surface area contributed by atoms with Crippen LogP contribution in [-0.2, 0) is 4.79 Å². The Hall–Kier alpha value is -2.08. The lowest BCUT2D eigenvalue weighted by Gasteiger charge is -2.38. The molecule has 1 N–H and O–H groups in total. The molecule has 26 heavy (non-hydrogen) atoms. The number of benzene rings is 1. The number of piperazine rings is 1. The zero-order valence-corrected chi connectivity index (χ0v) is 15.5. The molecule has 0 unspecified atom stereocenters. The first-order chi connectivity index (χ1) is 12.6. The molecule has 3 amide bonds. The van der Waals surface area contributed by atoms with Gasteiger partial charge in [-0.3, -0.25) is 9.69 Å². The Balaban J connectivity index is 1.36. The van der Waals surface area contributed by atoms with Crippen molar-refractivity contribution in [2.45, 2.75) is 44.6 Å². The summed E-state index contributed by atoms with van der Waals surface area (Å²) >= 11 is 0. The molecule has 140 valence electrons. The van der Waals surface area contributed by atoms with Crippen LogP contribution in [0.3, 0.4) is 0 Å². The predicted octanol–water partition coefficient (Wildman–Crippen LogP) is 2.33. The number of nitrogens with one attached hydrogen (secondary N) is 1. The first kappa shape index (κ1) is 17.3. The van der Waals surface area contributed by atoms with Gasteiger partial charge in [0.2, 0.25) is 0 Å². The normalized spacial score (nSPS) is 23.6. The second kappa shape index (κ2) is 6.91. The van der Waals surface area contributed by atoms with E-state index >= 15 is 0 Å². The summed E-state index contributed by atoms with van der Waals surface area (Å²) in [6.07, 6.45) is 4.78. The lowest BCUT2D eigenvalue weighted by Crippen LogP contribution is -2.52. The number of carbonyl (C=O) groups is 2. The van der Waals surface area contributed by atoms with Crippen LogP contribution in [0, 0.1) is 6.92 Å². The average molecular weight is 356 g/mol. The van der Waals surface area contributed by atoms with Crippen LogP contribution >= 0.6 is 0 Å². The Morgan fingerprint density at radius 2 is 1.69 bits per heavy atom. The fraction of sp³-hybridized carbons (Fsp3) is 0.600. The van der Waals surface area contributed by atoms with E-state index in [0.29, 0.717) is 6.67 Å². The van der Waals surface area contributed by atoms with Gasteiger partial charge >= 0.3 is 6.03 Å². The van der Waals surface area contributed by atoms with E-state index in [4.69, 9.17) is 0 Å². The number of para-hydroxylation sites is 1. The van der Waals surface area contributed by atoms with Crippen molar-refractivity contribution in [1.29, 1.82) is 0 Å². The summed E-state index contributed by atoms with van der Waals surface area (Å²) in [6, 6.07) is 8.23. The second-order valence-electron chi connectivity index (χ2n) is 7.84. The molecule has 3 fully saturated rings. The molecule has 4 rings (SSSR count). The maximum atomic E-state index is 12.9. The minimum absolute atomic E-state index is 0.0106. The van der Waals surface area contributed by atoms with Crippen molar-refractivity contribution in [1.82, 2.24) is 15.1 Å². The number of hydrogen-bond donors (Lipinski definition) is 1. The number of rotatable bonds is 3. The van der Waals surface area contributed by atoms with Gasteiger partial charge in [-0.15, -0.1) is 0 Å². The zero-order chi connectivity index (χ0) is 18.1. The number of urea groups is 1. The van der Waals surface area contributed by atoms with Gasteiger partial charge in [-0.2, -0.15) is 0 Å². The topological polar surface area (TPSA) is 55.9 Å². The van der Waals surface area contributed by atoms with Gasteiger partial charge in [0.15, 0.2) is 0 Å². The number of carbonyl (C=O) groups excluding carboxylic acids is 2. The van der Waals surface area contributed by atoms with Crippen molar-refractivity contribution >= 4 is 17.6 Å². The fourth-order valence-electron chi connectivity index (χ4n) is 4.55. The molecule has 6 nitrogen and oxygen atoms in total. The maximum absolute atomic E-state index is 12.9. The van der Waals surface area contributed by atoms with Crippen molar-refractivity contribution in [3.8, 4) is 0 Å². The molecule has 1 aromatic carbocycles. The third kappa shape index (κ3) is 3.07. The molecule has 6 heteroatoms. The summed E-state index contributed by atoms with van der Waals surface area (Å²) < 4.78 is 0. The van der Waals surface area contributed by atoms with E-state index in [9.17, 15) is 9.59 Å². The summed E-state index contributed by atoms with van der Waals surface area (Å²) in [5, 5.41) is 3.00. The highest BCUT2D eigenvalue weighted by molar-refractivity contribution is 6.07. The largest absolute Gasteiger partial charge is 0.369 e. The number of amides is 3. The molecule has 1 aliphatic carbocycles. The van der Waals surface area contributed by atoms with Crippen LogP contribution in [0.1, 0.15) is 37.7 Å². The van der Waals surface area contributed by atoms with Gasteiger partial charge < -0.3 is 10.2 Å². The van der Waals surface area contributed by atoms with Crippen LogP contribution in [0.4, 0.5) is 10.5 Å². The number of imide groups is 1. The van der Waals surface area contributed by atoms with Gasteiger partial charge in [0.25, 0.3) is 5.91 Å². The number of nitrogens with zero attached hydrogens (tertiary/aromatic N) is 3. The molecule has 2 aliphatic heterocycles. The molecule has 0 bridgehead atoms. The summed E-state index contributed by atoms with van der Waals surface area (Å²) in [5.41, 5.74) is 1.95. The summed E-state index contributed by atoms with van der Waals surface area (Å²) in [4.78, 5) is 31.4. The van der Waals surface area contributed by atoms with E-state index in [1.165, 1.54) is 16.2 Å². The van der Waals surface area contributed by atoms with Crippen molar-refractivity contribution < 1.29 is 9.59 Å². The van der Waals surface area contributed by atoms with Crippen LogP contribution < -0.4 is 10.2 Å². The standard InChI is InChI=1S/C20H28N4O2/c1-16-7-3-4-8-17(16)23-13-11-22(12-14-23)15-24-18(25)20(21-19(24)26)9-5-2-6-10-20/h3-4,7-8H,2,5-6,9-15H2,1H3,(H,21,26). The molecular weight excluding hydrogens is 328 g/mol. The monoisotopic (exact) mass is 356 g/mol. The zero-order valence-electron chi connectivity index (χ0n) is 15.5. The molecule has 1 aromatic rings. The third-order valence-electron chi connectivity index (χ3n) is 6.12. The molecule has 0 aromatic heterocycles. The summed E-state index contributed by atoms with van der Waals surface area (Å²) in [7, 11) is 0. The third-order valence-corrected chi connectivity index (χ3v) is 6.12. The van der Waals surface area contributed by atoms with Crippen LogP contribution in [0.15, 0.2) is 24.3 Å². The Kier molecular flexibility index (Phi) is 4.61. The summed E-state index contributed by atoms with van der Waals surface area (Å²) in [6.45, 7) is 6.10. The van der Waals surface area contributed by atoms with Crippen molar-refractivity contribution in [3.05, 3.63) is 29.8 Å². The Morgan fingerprint density at radius 1 is 1.00 bits per heavy atom. The van der Waals surface area contributed by atoms with E-state index < -0.39 is 5.54 Å². The highest BCUT2D eigenvalue weighted by Crippen LogP contribution is 2.33. The van der Waals surface area contributed by atoms with Gasteiger partial charge in [0.1, 0.15) is 5.54 Å². The molecule has 2 saturated heterocycles. The lowest BCUT2D eigenvalue weighted by molar-refractivity contribution is -0.133. The van der Waals surface area contributed by atoms with Gasteiger partial charge in [-0.05, 0) is 31.4 Å². The number of aryl methyl sites for hydroxylation is 1. The number of hydrogen-bond acceptors (Lipinski definition) is 4. The molecule has 1 saturated carbocycles. The number of anilines is 1. The average Bonchev–Trinajstić information content (AvgIpc) is 2.87. The minimum Gasteiger partial charge on any atom is -0.369 e. The highest BCUT2D eigenvalue weighted by Gasteiger charge is 2.51. The smallest absolute Gasteiger partial charge is 0.326 e. The predicted molar refractivity (Wildman–Crippen MR) is 101 cm³/mol. The van der Waals surface area contributed by atoms with Crippen molar-refractivity contribution in [2.24, 2.45) is 0 Å². The van der Waals surface area contributed by atoms with Crippen molar-refractivity contribution in [2.75, 3.05) is 37.7 Å². The molecule has 2 heterocycles. The van der Waals surface area contributed by atoms with Crippen LogP contribution in [0.25, 0.3) is 0 Å². The van der Waals surface area contributed by atoms with Gasteiger partial charge in [-0.1, -0.05) is 37.5 Å². The quantitative estimate of drug-likeness (QED) is 0.845. The van der Waals surface area contributed by atoms with Gasteiger partial charge in [0, 0.05) is 31.9 Å². The highest BCUT2D eigenvalue weighted by atomic mass is 16.2. The van der Waals surface area contributed by atoms with Crippen molar-refractivity contribution in [3.63, 3.8) is 0 Å². The van der Waals surface area contributed by atoms with Gasteiger partial charge in [0.05, 0.1) is 6.67 Å². The van der Waals surface area contributed by atoms with E-state index in [0.717, 1.165) is 58.3 Å². The van der Waals surface area contributed by atoms with E-state index in [1.807, 2.05) is 0 Å². The van der Waals surface area contributed by atoms with Gasteiger partial charge in [-0.25, -0.2) is 9.69 Å². The molecule has 0 atom stereocenters. The molecule has 0 radical (unpaired) electrons. The van der Waals surface area contributed by atoms with Crippen LogP contribution in [0.5, 0.6) is 0 Å². The Bertz CT molecular complexity index is 691. The first-order valence-electron chi connectivity index (χ1n) is 9.76. The SMILES string of the molecule is Cc1ccccc1N1CCN(CN2C(=O)NC3(CCCCC3)C2=O)CC1. The second-order valence-corrected chi connectivity index (χ2v) is 7.84. The lowest BCUT2D eigenvalue weighted by atomic mass is 9.82. The molecule has 3 aliphatic rings.